The van der Waals surface area contributed by atoms with Gasteiger partial charge in [-0.1, -0.05) is 41.4 Å². The highest BCUT2D eigenvalue weighted by atomic mass is 35.5. The number of para-hydroxylation sites is 1. The lowest BCUT2D eigenvalue weighted by Gasteiger charge is -2.39. The number of carbonyl (C=O) groups is 2. The van der Waals surface area contributed by atoms with Crippen LogP contribution in [0.2, 0.25) is 10.0 Å². The monoisotopic (exact) mass is 682 g/mol. The van der Waals surface area contributed by atoms with Gasteiger partial charge in [-0.15, -0.1) is 0 Å². The Morgan fingerprint density at radius 1 is 1.02 bits per heavy atom. The molecule has 3 fully saturated rings. The molecular formula is C35H37Cl2FN4O5. The van der Waals surface area contributed by atoms with E-state index in [1.165, 1.54) is 18.1 Å². The van der Waals surface area contributed by atoms with Gasteiger partial charge in [0, 0.05) is 47.6 Å². The first-order chi connectivity index (χ1) is 22.6. The molecule has 4 atom stereocenters. The van der Waals surface area contributed by atoms with Gasteiger partial charge >= 0.3 is 5.97 Å². The van der Waals surface area contributed by atoms with E-state index in [1.54, 1.807) is 24.3 Å². The number of hydrogen-bond donors (Lipinski definition) is 1. The highest BCUT2D eigenvalue weighted by molar-refractivity contribution is 6.40. The molecule has 0 spiro atoms. The van der Waals surface area contributed by atoms with Crippen LogP contribution >= 0.6 is 23.2 Å². The first-order valence-electron chi connectivity index (χ1n) is 16.0. The minimum absolute atomic E-state index is 0.0774. The SMILES string of the molecule is COC(=O)c1cc(F)c(-c2cccc3c2OCN(C(=O)c2c(Cl)cc(N4C[C@H](C)NC[C@@H]4C)cc2Cl)C3)cc1N1C2CCC1COC2. The molecule has 0 aliphatic carbocycles. The second-order valence-electron chi connectivity index (χ2n) is 12.8. The molecule has 12 heteroatoms. The van der Waals surface area contributed by atoms with E-state index in [0.717, 1.165) is 31.6 Å². The fraction of sp³-hybridized carbons (Fsp3) is 0.429. The number of ether oxygens (including phenoxy) is 3. The average molecular weight is 684 g/mol. The fourth-order valence-corrected chi connectivity index (χ4v) is 8.00. The van der Waals surface area contributed by atoms with E-state index in [0.29, 0.717) is 47.4 Å². The third-order valence-electron chi connectivity index (χ3n) is 9.75. The van der Waals surface area contributed by atoms with Crippen LogP contribution in [0.4, 0.5) is 15.8 Å². The number of halogens is 3. The fourth-order valence-electron chi connectivity index (χ4n) is 7.36. The molecule has 4 aliphatic heterocycles. The largest absolute Gasteiger partial charge is 0.472 e. The van der Waals surface area contributed by atoms with Crippen LogP contribution in [0.15, 0.2) is 42.5 Å². The number of benzene rings is 3. The van der Waals surface area contributed by atoms with E-state index < -0.39 is 11.8 Å². The second-order valence-corrected chi connectivity index (χ2v) is 13.7. The number of amides is 1. The Kier molecular flexibility index (Phi) is 8.72. The van der Waals surface area contributed by atoms with Crippen LogP contribution in [-0.2, 0) is 16.0 Å². The third kappa shape index (κ3) is 5.79. The number of hydrogen-bond acceptors (Lipinski definition) is 8. The first kappa shape index (κ1) is 32.0. The van der Waals surface area contributed by atoms with Crippen molar-refractivity contribution in [1.82, 2.24) is 10.2 Å². The Balaban J connectivity index is 1.18. The van der Waals surface area contributed by atoms with Crippen molar-refractivity contribution in [1.29, 1.82) is 0 Å². The molecule has 3 aromatic rings. The van der Waals surface area contributed by atoms with Gasteiger partial charge in [0.1, 0.15) is 11.6 Å². The smallest absolute Gasteiger partial charge is 0.340 e. The van der Waals surface area contributed by atoms with E-state index >= 15 is 4.39 Å². The van der Waals surface area contributed by atoms with Crippen molar-refractivity contribution in [2.24, 2.45) is 0 Å². The molecule has 3 aromatic carbocycles. The minimum Gasteiger partial charge on any atom is -0.472 e. The number of anilines is 2. The molecule has 0 aromatic heterocycles. The van der Waals surface area contributed by atoms with Gasteiger partial charge < -0.3 is 34.2 Å². The van der Waals surface area contributed by atoms with Gasteiger partial charge in [-0.25, -0.2) is 9.18 Å². The summed E-state index contributed by atoms with van der Waals surface area (Å²) in [5.41, 5.74) is 3.41. The Bertz CT molecular complexity index is 1700. The zero-order chi connectivity index (χ0) is 33.0. The molecule has 7 rings (SSSR count). The number of rotatable bonds is 5. The van der Waals surface area contributed by atoms with E-state index in [9.17, 15) is 9.59 Å². The molecule has 4 heterocycles. The number of nitrogens with zero attached hydrogens (tertiary/aromatic N) is 3. The molecule has 4 aliphatic rings. The Labute approximate surface area is 283 Å². The van der Waals surface area contributed by atoms with E-state index in [2.05, 4.69) is 29.0 Å². The summed E-state index contributed by atoms with van der Waals surface area (Å²) in [6, 6.07) is 12.7. The summed E-state index contributed by atoms with van der Waals surface area (Å²) in [6.45, 7) is 7.10. The summed E-state index contributed by atoms with van der Waals surface area (Å²) in [5, 5.41) is 4.01. The van der Waals surface area contributed by atoms with E-state index in [1.807, 2.05) is 12.1 Å². The zero-order valence-corrected chi connectivity index (χ0v) is 28.0. The Morgan fingerprint density at radius 3 is 2.45 bits per heavy atom. The highest BCUT2D eigenvalue weighted by Crippen LogP contribution is 2.43. The van der Waals surface area contributed by atoms with Crippen molar-refractivity contribution in [3.05, 3.63) is 75.0 Å². The molecule has 3 saturated heterocycles. The minimum atomic E-state index is -0.598. The molecule has 9 nitrogen and oxygen atoms in total. The van der Waals surface area contributed by atoms with Crippen molar-refractivity contribution in [3.63, 3.8) is 0 Å². The maximum absolute atomic E-state index is 15.9. The molecule has 2 unspecified atom stereocenters. The maximum atomic E-state index is 15.9. The molecule has 1 N–H and O–H groups in total. The first-order valence-corrected chi connectivity index (χ1v) is 16.7. The molecule has 0 saturated carbocycles. The quantitative estimate of drug-likeness (QED) is 0.322. The maximum Gasteiger partial charge on any atom is 0.340 e. The molecular weight excluding hydrogens is 646 g/mol. The van der Waals surface area contributed by atoms with Gasteiger partial charge in [-0.05, 0) is 51.0 Å². The molecule has 248 valence electrons. The van der Waals surface area contributed by atoms with Crippen LogP contribution in [0.1, 0.15) is 53.0 Å². The lowest BCUT2D eigenvalue weighted by atomic mass is 9.96. The van der Waals surface area contributed by atoms with Crippen molar-refractivity contribution in [2.75, 3.05) is 49.9 Å². The van der Waals surface area contributed by atoms with Gasteiger partial charge in [0.15, 0.2) is 6.73 Å². The Hall–Kier alpha value is -3.57. The number of morpholine rings is 1. The lowest BCUT2D eigenvalue weighted by Crippen LogP contribution is -2.54. The van der Waals surface area contributed by atoms with Crippen LogP contribution < -0.4 is 19.9 Å². The predicted octanol–water partition coefficient (Wildman–Crippen LogP) is 6.13. The van der Waals surface area contributed by atoms with E-state index in [4.69, 9.17) is 37.4 Å². The zero-order valence-electron chi connectivity index (χ0n) is 26.5. The normalized spacial score (nSPS) is 23.7. The molecule has 1 amide bonds. The number of nitrogens with one attached hydrogen (secondary N) is 1. The molecule has 2 bridgehead atoms. The predicted molar refractivity (Wildman–Crippen MR) is 179 cm³/mol. The van der Waals surface area contributed by atoms with Gasteiger partial charge in [0.2, 0.25) is 0 Å². The van der Waals surface area contributed by atoms with Crippen LogP contribution in [-0.4, -0.2) is 81.1 Å². The highest BCUT2D eigenvalue weighted by Gasteiger charge is 2.40. The summed E-state index contributed by atoms with van der Waals surface area (Å²) in [5.74, 6) is -1.05. The summed E-state index contributed by atoms with van der Waals surface area (Å²) in [7, 11) is 1.29. The van der Waals surface area contributed by atoms with Gasteiger partial charge in [-0.3, -0.25) is 4.79 Å². The molecule has 47 heavy (non-hydrogen) atoms. The number of methoxy groups -OCH3 is 1. The van der Waals surface area contributed by atoms with Crippen molar-refractivity contribution in [2.45, 2.75) is 57.4 Å². The van der Waals surface area contributed by atoms with Gasteiger partial charge in [0.25, 0.3) is 5.91 Å². The third-order valence-corrected chi connectivity index (χ3v) is 10.3. The average Bonchev–Trinajstić information content (AvgIpc) is 3.31. The van der Waals surface area contributed by atoms with E-state index in [-0.39, 0.29) is 58.5 Å². The van der Waals surface area contributed by atoms with Crippen LogP contribution in [0.3, 0.4) is 0 Å². The summed E-state index contributed by atoms with van der Waals surface area (Å²) in [6.07, 6.45) is 1.85. The Morgan fingerprint density at radius 2 is 1.74 bits per heavy atom. The van der Waals surface area contributed by atoms with Gasteiger partial charge in [0.05, 0.1) is 65.8 Å². The topological polar surface area (TPSA) is 83.6 Å². The standard InChI is InChI=1S/C35H37Cl2FN4O5/c1-19-14-41(20(2)13-39-19)24-9-28(36)32(29(37)10-24)34(43)40-15-21-5-4-6-25(33(21)47-18-40)26-12-31(27(11-30(26)38)35(44)45-3)42-22-7-8-23(42)17-46-16-22/h4-6,9-12,19-20,22-23,39H,7-8,13-18H2,1-3H3/t19-,20-,22?,23?/m0/s1. The summed E-state index contributed by atoms with van der Waals surface area (Å²) in [4.78, 5) is 32.6. The molecule has 0 radical (unpaired) electrons. The van der Waals surface area contributed by atoms with Crippen LogP contribution in [0, 0.1) is 5.82 Å². The second kappa shape index (κ2) is 12.8. The van der Waals surface area contributed by atoms with Crippen molar-refractivity contribution in [3.8, 4) is 16.9 Å². The van der Waals surface area contributed by atoms with Crippen molar-refractivity contribution < 1.29 is 28.2 Å². The van der Waals surface area contributed by atoms with Gasteiger partial charge in [-0.2, -0.15) is 0 Å². The van der Waals surface area contributed by atoms with Crippen LogP contribution in [0.25, 0.3) is 11.1 Å². The summed E-state index contributed by atoms with van der Waals surface area (Å²) >= 11 is 13.4. The number of esters is 1. The van der Waals surface area contributed by atoms with Crippen molar-refractivity contribution >= 4 is 46.5 Å². The number of fused-ring (bicyclic) bond motifs is 3. The number of piperazine rings is 1. The van der Waals surface area contributed by atoms with Crippen LogP contribution in [0.5, 0.6) is 5.75 Å². The lowest BCUT2D eigenvalue weighted by molar-refractivity contribution is 0.0515. The number of carbonyl (C=O) groups excluding carboxylic acids is 2. The summed E-state index contributed by atoms with van der Waals surface area (Å²) < 4.78 is 32.9.